The summed E-state index contributed by atoms with van der Waals surface area (Å²) in [6.45, 7) is 0. The SMILES string of the molecule is O=[N+]([O-])[C@H]1C=CN=C2N=CC(Br)=C21. The van der Waals surface area contributed by atoms with E-state index in [-0.39, 0.29) is 4.92 Å². The van der Waals surface area contributed by atoms with Gasteiger partial charge >= 0.3 is 0 Å². The van der Waals surface area contributed by atoms with Crippen molar-refractivity contribution in [2.75, 3.05) is 0 Å². The van der Waals surface area contributed by atoms with Gasteiger partial charge in [0.1, 0.15) is 0 Å². The molecule has 0 unspecified atom stereocenters. The van der Waals surface area contributed by atoms with E-state index in [1.54, 1.807) is 0 Å². The molecule has 66 valence electrons. The van der Waals surface area contributed by atoms with Gasteiger partial charge in [0.15, 0.2) is 5.84 Å². The largest absolute Gasteiger partial charge is 0.264 e. The van der Waals surface area contributed by atoms with Crippen molar-refractivity contribution in [2.24, 2.45) is 9.98 Å². The predicted molar refractivity (Wildman–Crippen MR) is 51.8 cm³/mol. The number of aliphatic imine (C=N–C) groups is 2. The van der Waals surface area contributed by atoms with Crippen LogP contribution in [0.5, 0.6) is 0 Å². The summed E-state index contributed by atoms with van der Waals surface area (Å²) in [4.78, 5) is 18.1. The van der Waals surface area contributed by atoms with E-state index >= 15 is 0 Å². The van der Waals surface area contributed by atoms with Crippen molar-refractivity contribution in [3.63, 3.8) is 0 Å². The van der Waals surface area contributed by atoms with Crippen LogP contribution in [0.15, 0.2) is 32.3 Å². The molecule has 0 bridgehead atoms. The molecule has 0 saturated heterocycles. The first-order valence-electron chi connectivity index (χ1n) is 3.52. The van der Waals surface area contributed by atoms with E-state index in [4.69, 9.17) is 0 Å². The summed E-state index contributed by atoms with van der Waals surface area (Å²) in [6.07, 6.45) is 4.38. The third kappa shape index (κ3) is 1.23. The van der Waals surface area contributed by atoms with Gasteiger partial charge in [0.25, 0.3) is 6.04 Å². The normalized spacial score (nSPS) is 24.7. The molecule has 1 atom stereocenters. The highest BCUT2D eigenvalue weighted by atomic mass is 79.9. The Morgan fingerprint density at radius 1 is 1.62 bits per heavy atom. The average Bonchev–Trinajstić information content (AvgIpc) is 2.48. The number of rotatable bonds is 1. The molecule has 0 fully saturated rings. The van der Waals surface area contributed by atoms with Crippen LogP contribution in [0.1, 0.15) is 0 Å². The molecular weight excluding hydrogens is 238 g/mol. The zero-order valence-electron chi connectivity index (χ0n) is 6.35. The minimum Gasteiger partial charge on any atom is -0.264 e. The van der Waals surface area contributed by atoms with E-state index in [2.05, 4.69) is 25.9 Å². The maximum Gasteiger partial charge on any atom is 0.262 e. The van der Waals surface area contributed by atoms with E-state index in [1.807, 2.05) is 0 Å². The molecule has 13 heavy (non-hydrogen) atoms. The molecule has 0 aromatic rings. The minimum atomic E-state index is -0.829. The van der Waals surface area contributed by atoms with Gasteiger partial charge in [0, 0.05) is 23.4 Å². The molecule has 5 nitrogen and oxygen atoms in total. The van der Waals surface area contributed by atoms with Gasteiger partial charge in [-0.1, -0.05) is 0 Å². The molecule has 2 rings (SSSR count). The van der Waals surface area contributed by atoms with Crippen molar-refractivity contribution in [1.29, 1.82) is 0 Å². The van der Waals surface area contributed by atoms with E-state index in [1.165, 1.54) is 18.5 Å². The van der Waals surface area contributed by atoms with Crippen LogP contribution in [-0.2, 0) is 0 Å². The van der Waals surface area contributed by atoms with E-state index < -0.39 is 6.04 Å². The summed E-state index contributed by atoms with van der Waals surface area (Å²) >= 11 is 3.20. The summed E-state index contributed by atoms with van der Waals surface area (Å²) in [6, 6.07) is -0.829. The Hall–Kier alpha value is -1.30. The maximum absolute atomic E-state index is 10.6. The van der Waals surface area contributed by atoms with Crippen molar-refractivity contribution in [3.8, 4) is 0 Å². The highest BCUT2D eigenvalue weighted by Crippen LogP contribution is 2.26. The fraction of sp³-hybridized carbons (Fsp3) is 0.143. The first kappa shape index (κ1) is 8.31. The molecule has 0 radical (unpaired) electrons. The number of hydrogen-bond acceptors (Lipinski definition) is 4. The average molecular weight is 242 g/mol. The zero-order chi connectivity index (χ0) is 9.42. The number of hydrogen-bond donors (Lipinski definition) is 0. The number of nitro groups is 1. The molecule has 0 saturated carbocycles. The standard InChI is InChI=1S/C7H4BrN3O2/c8-4-3-10-7-6(4)5(11(12)13)1-2-9-7/h1-3,5H/t5-/m0/s1. The lowest BCUT2D eigenvalue weighted by atomic mass is 10.1. The van der Waals surface area contributed by atoms with Crippen LogP contribution in [0.25, 0.3) is 0 Å². The predicted octanol–water partition coefficient (Wildman–Crippen LogP) is 1.29. The second kappa shape index (κ2) is 2.88. The molecule has 0 aliphatic carbocycles. The summed E-state index contributed by atoms with van der Waals surface area (Å²) in [7, 11) is 0. The third-order valence-electron chi connectivity index (χ3n) is 1.79. The van der Waals surface area contributed by atoms with Crippen molar-refractivity contribution in [3.05, 3.63) is 32.4 Å². The van der Waals surface area contributed by atoms with Crippen molar-refractivity contribution in [1.82, 2.24) is 0 Å². The minimum absolute atomic E-state index is 0.365. The van der Waals surface area contributed by atoms with Gasteiger partial charge in [0.2, 0.25) is 0 Å². The monoisotopic (exact) mass is 241 g/mol. The van der Waals surface area contributed by atoms with Gasteiger partial charge in [-0.25, -0.2) is 9.98 Å². The van der Waals surface area contributed by atoms with Crippen LogP contribution in [0.3, 0.4) is 0 Å². The van der Waals surface area contributed by atoms with Gasteiger partial charge in [0.05, 0.1) is 10.1 Å². The lowest BCUT2D eigenvalue weighted by molar-refractivity contribution is -0.498. The van der Waals surface area contributed by atoms with Crippen LogP contribution in [0.4, 0.5) is 0 Å². The number of halogens is 1. The van der Waals surface area contributed by atoms with Gasteiger partial charge in [-0.3, -0.25) is 10.1 Å². The quantitative estimate of drug-likeness (QED) is 0.513. The highest BCUT2D eigenvalue weighted by molar-refractivity contribution is 9.12. The summed E-state index contributed by atoms with van der Waals surface area (Å²) in [5.41, 5.74) is 0.535. The lowest BCUT2D eigenvalue weighted by Gasteiger charge is -2.09. The van der Waals surface area contributed by atoms with E-state index in [0.717, 1.165) is 0 Å². The highest BCUT2D eigenvalue weighted by Gasteiger charge is 2.33. The summed E-state index contributed by atoms with van der Waals surface area (Å²) < 4.78 is 0.636. The Balaban J connectivity index is 2.48. The van der Waals surface area contributed by atoms with Crippen LogP contribution in [-0.4, -0.2) is 23.0 Å². The second-order valence-corrected chi connectivity index (χ2v) is 3.40. The summed E-state index contributed by atoms with van der Waals surface area (Å²) in [5.74, 6) is 0.427. The smallest absolute Gasteiger partial charge is 0.262 e. The zero-order valence-corrected chi connectivity index (χ0v) is 7.93. The number of nitrogens with zero attached hydrogens (tertiary/aromatic N) is 3. The Morgan fingerprint density at radius 2 is 2.38 bits per heavy atom. The molecule has 0 N–H and O–H groups in total. The molecule has 0 amide bonds. The molecule has 2 aliphatic heterocycles. The number of allylic oxidation sites excluding steroid dienone is 1. The Labute approximate surface area is 81.8 Å². The first-order chi connectivity index (χ1) is 6.20. The van der Waals surface area contributed by atoms with Crippen LogP contribution < -0.4 is 0 Å². The van der Waals surface area contributed by atoms with Gasteiger partial charge < -0.3 is 0 Å². The van der Waals surface area contributed by atoms with Gasteiger partial charge in [-0.15, -0.1) is 0 Å². The first-order valence-corrected chi connectivity index (χ1v) is 4.31. The van der Waals surface area contributed by atoms with Crippen molar-refractivity contribution >= 4 is 28.0 Å². The van der Waals surface area contributed by atoms with Crippen molar-refractivity contribution < 1.29 is 4.92 Å². The molecule has 2 aliphatic rings. The Kier molecular flexibility index (Phi) is 1.84. The third-order valence-corrected chi connectivity index (χ3v) is 2.42. The molecule has 6 heteroatoms. The number of amidine groups is 1. The fourth-order valence-corrected chi connectivity index (χ4v) is 1.72. The Bertz CT molecular complexity index is 395. The van der Waals surface area contributed by atoms with Crippen molar-refractivity contribution in [2.45, 2.75) is 6.04 Å². The number of fused-ring (bicyclic) bond motifs is 1. The van der Waals surface area contributed by atoms with Gasteiger partial charge in [-0.2, -0.15) is 0 Å². The maximum atomic E-state index is 10.6. The molecule has 0 aromatic carbocycles. The molecule has 2 heterocycles. The Morgan fingerprint density at radius 3 is 3.08 bits per heavy atom. The molecule has 0 spiro atoms. The molecular formula is C7H4BrN3O2. The van der Waals surface area contributed by atoms with Crippen LogP contribution >= 0.6 is 15.9 Å². The van der Waals surface area contributed by atoms with E-state index in [0.29, 0.717) is 15.9 Å². The second-order valence-electron chi connectivity index (χ2n) is 2.54. The topological polar surface area (TPSA) is 67.9 Å². The van der Waals surface area contributed by atoms with Gasteiger partial charge in [-0.05, 0) is 15.9 Å². The molecule has 0 aromatic heterocycles. The van der Waals surface area contributed by atoms with E-state index in [9.17, 15) is 10.1 Å². The fourth-order valence-electron chi connectivity index (χ4n) is 1.21. The summed E-state index contributed by atoms with van der Waals surface area (Å²) in [5, 5.41) is 10.6. The van der Waals surface area contributed by atoms with Crippen LogP contribution in [0, 0.1) is 10.1 Å². The lowest BCUT2D eigenvalue weighted by Crippen LogP contribution is -2.25. The van der Waals surface area contributed by atoms with Crippen LogP contribution in [0.2, 0.25) is 0 Å².